The smallest absolute Gasteiger partial charge is 0.321 e. The lowest BCUT2D eigenvalue weighted by Crippen LogP contribution is -2.14. The monoisotopic (exact) mass is 267 g/mol. The van der Waals surface area contributed by atoms with Gasteiger partial charge in [-0.1, -0.05) is 6.07 Å². The van der Waals surface area contributed by atoms with E-state index in [2.05, 4.69) is 15.3 Å². The number of rotatable bonds is 2. The second-order valence-corrected chi connectivity index (χ2v) is 3.62. The summed E-state index contributed by atoms with van der Waals surface area (Å²) in [4.78, 5) is 19.1. The van der Waals surface area contributed by atoms with Gasteiger partial charge in [0.1, 0.15) is 5.69 Å². The van der Waals surface area contributed by atoms with E-state index in [9.17, 15) is 18.0 Å². The van der Waals surface area contributed by atoms with Gasteiger partial charge >= 0.3 is 6.18 Å². The number of carbonyl (C=O) groups is 1. The van der Waals surface area contributed by atoms with Gasteiger partial charge in [0.05, 0.1) is 11.8 Å². The molecule has 1 aromatic carbocycles. The van der Waals surface area contributed by atoms with Gasteiger partial charge in [0.2, 0.25) is 0 Å². The Bertz CT molecular complexity index is 584. The fraction of sp³-hybridized carbons (Fsp3) is 0.0833. The minimum atomic E-state index is -4.45. The second kappa shape index (κ2) is 5.05. The molecule has 2 aromatic rings. The fourth-order valence-corrected chi connectivity index (χ4v) is 1.38. The third-order valence-corrected chi connectivity index (χ3v) is 2.24. The summed E-state index contributed by atoms with van der Waals surface area (Å²) >= 11 is 0. The molecule has 0 spiro atoms. The topological polar surface area (TPSA) is 54.9 Å². The first kappa shape index (κ1) is 13.0. The molecule has 0 aliphatic heterocycles. The summed E-state index contributed by atoms with van der Waals surface area (Å²) in [5.41, 5.74) is -0.755. The van der Waals surface area contributed by atoms with Gasteiger partial charge in [0, 0.05) is 18.1 Å². The van der Waals surface area contributed by atoms with Crippen molar-refractivity contribution in [3.05, 3.63) is 54.1 Å². The molecule has 0 saturated heterocycles. The molecule has 0 aliphatic carbocycles. The summed E-state index contributed by atoms with van der Waals surface area (Å²) in [6.45, 7) is 0. The van der Waals surface area contributed by atoms with Crippen LogP contribution >= 0.6 is 0 Å². The Morgan fingerprint density at radius 2 is 2.00 bits per heavy atom. The first-order valence-electron chi connectivity index (χ1n) is 5.21. The number of nitrogens with zero attached hydrogens (tertiary/aromatic N) is 2. The van der Waals surface area contributed by atoms with Crippen LogP contribution in [0.25, 0.3) is 0 Å². The molecule has 19 heavy (non-hydrogen) atoms. The maximum absolute atomic E-state index is 12.5. The number of aromatic nitrogens is 2. The maximum Gasteiger partial charge on any atom is 0.416 e. The van der Waals surface area contributed by atoms with Crippen LogP contribution in [-0.4, -0.2) is 15.9 Å². The zero-order valence-corrected chi connectivity index (χ0v) is 9.48. The number of halogens is 3. The molecule has 1 amide bonds. The molecule has 0 aliphatic rings. The molecule has 4 nitrogen and oxygen atoms in total. The van der Waals surface area contributed by atoms with E-state index in [-0.39, 0.29) is 11.4 Å². The van der Waals surface area contributed by atoms with Gasteiger partial charge in [-0.15, -0.1) is 0 Å². The Balaban J connectivity index is 2.18. The Labute approximate surface area is 106 Å². The number of benzene rings is 1. The summed E-state index contributed by atoms with van der Waals surface area (Å²) in [5.74, 6) is -0.618. The standard InChI is InChI=1S/C12H8F3N3O/c13-12(14,15)8-2-1-3-9(6-8)18-11(19)10-7-16-4-5-17-10/h1-7H,(H,18,19). The summed E-state index contributed by atoms with van der Waals surface area (Å²) < 4.78 is 37.5. The minimum absolute atomic E-state index is 0.0277. The molecular formula is C12H8F3N3O. The van der Waals surface area contributed by atoms with Crippen LogP contribution < -0.4 is 5.32 Å². The third-order valence-electron chi connectivity index (χ3n) is 2.24. The van der Waals surface area contributed by atoms with Gasteiger partial charge in [-0.05, 0) is 18.2 Å². The summed E-state index contributed by atoms with van der Waals surface area (Å²) in [6, 6.07) is 4.37. The van der Waals surface area contributed by atoms with Crippen molar-refractivity contribution in [2.24, 2.45) is 0 Å². The molecule has 0 atom stereocenters. The molecule has 1 aromatic heterocycles. The molecule has 0 radical (unpaired) electrons. The average molecular weight is 267 g/mol. The van der Waals surface area contributed by atoms with Crippen LogP contribution in [0.3, 0.4) is 0 Å². The van der Waals surface area contributed by atoms with E-state index in [1.165, 1.54) is 30.7 Å². The zero-order valence-electron chi connectivity index (χ0n) is 9.48. The second-order valence-electron chi connectivity index (χ2n) is 3.62. The fourth-order valence-electron chi connectivity index (χ4n) is 1.38. The highest BCUT2D eigenvalue weighted by Crippen LogP contribution is 2.30. The number of carbonyl (C=O) groups excluding carboxylic acids is 1. The van der Waals surface area contributed by atoms with E-state index in [0.29, 0.717) is 0 Å². The Morgan fingerprint density at radius 3 is 2.63 bits per heavy atom. The number of amides is 1. The van der Waals surface area contributed by atoms with Gasteiger partial charge in [-0.3, -0.25) is 9.78 Å². The molecular weight excluding hydrogens is 259 g/mol. The van der Waals surface area contributed by atoms with Gasteiger partial charge in [-0.25, -0.2) is 4.98 Å². The Morgan fingerprint density at radius 1 is 1.21 bits per heavy atom. The molecule has 0 saturated carbocycles. The van der Waals surface area contributed by atoms with Crippen molar-refractivity contribution in [2.75, 3.05) is 5.32 Å². The molecule has 1 N–H and O–H groups in total. The number of hydrogen-bond acceptors (Lipinski definition) is 3. The van der Waals surface area contributed by atoms with Crippen molar-refractivity contribution in [2.45, 2.75) is 6.18 Å². The maximum atomic E-state index is 12.5. The molecule has 0 fully saturated rings. The third kappa shape index (κ3) is 3.27. The molecule has 0 bridgehead atoms. The van der Waals surface area contributed by atoms with Crippen LogP contribution in [0.5, 0.6) is 0 Å². The van der Waals surface area contributed by atoms with E-state index in [0.717, 1.165) is 12.1 Å². The highest BCUT2D eigenvalue weighted by atomic mass is 19.4. The first-order valence-corrected chi connectivity index (χ1v) is 5.21. The van der Waals surface area contributed by atoms with Gasteiger partial charge < -0.3 is 5.32 Å². The molecule has 0 unspecified atom stereocenters. The van der Waals surface area contributed by atoms with Crippen LogP contribution in [0.1, 0.15) is 16.1 Å². The minimum Gasteiger partial charge on any atom is -0.321 e. The number of anilines is 1. The first-order chi connectivity index (χ1) is 8.97. The largest absolute Gasteiger partial charge is 0.416 e. The van der Waals surface area contributed by atoms with E-state index < -0.39 is 17.6 Å². The van der Waals surface area contributed by atoms with Crippen molar-refractivity contribution in [3.63, 3.8) is 0 Å². The quantitative estimate of drug-likeness (QED) is 0.910. The van der Waals surface area contributed by atoms with Crippen LogP contribution in [-0.2, 0) is 6.18 Å². The average Bonchev–Trinajstić information content (AvgIpc) is 2.39. The van der Waals surface area contributed by atoms with E-state index in [1.54, 1.807) is 0 Å². The van der Waals surface area contributed by atoms with E-state index in [4.69, 9.17) is 0 Å². The lowest BCUT2D eigenvalue weighted by Gasteiger charge is -2.09. The lowest BCUT2D eigenvalue weighted by atomic mass is 10.2. The molecule has 98 valence electrons. The normalized spacial score (nSPS) is 11.1. The van der Waals surface area contributed by atoms with Gasteiger partial charge in [0.25, 0.3) is 5.91 Å². The van der Waals surface area contributed by atoms with Crippen LogP contribution in [0.2, 0.25) is 0 Å². The zero-order chi connectivity index (χ0) is 13.9. The molecule has 1 heterocycles. The van der Waals surface area contributed by atoms with Gasteiger partial charge in [0.15, 0.2) is 0 Å². The SMILES string of the molecule is O=C(Nc1cccc(C(F)(F)F)c1)c1cnccn1. The Hall–Kier alpha value is -2.44. The summed E-state index contributed by atoms with van der Waals surface area (Å²) in [7, 11) is 0. The lowest BCUT2D eigenvalue weighted by molar-refractivity contribution is -0.137. The van der Waals surface area contributed by atoms with Crippen LogP contribution in [0.4, 0.5) is 18.9 Å². The van der Waals surface area contributed by atoms with E-state index >= 15 is 0 Å². The van der Waals surface area contributed by atoms with Crippen LogP contribution in [0, 0.1) is 0 Å². The van der Waals surface area contributed by atoms with Crippen LogP contribution in [0.15, 0.2) is 42.9 Å². The predicted octanol–water partition coefficient (Wildman–Crippen LogP) is 2.75. The van der Waals surface area contributed by atoms with Crippen molar-refractivity contribution in [1.29, 1.82) is 0 Å². The molecule has 7 heteroatoms. The van der Waals surface area contributed by atoms with Gasteiger partial charge in [-0.2, -0.15) is 13.2 Å². The highest BCUT2D eigenvalue weighted by molar-refractivity contribution is 6.02. The van der Waals surface area contributed by atoms with Crippen molar-refractivity contribution >= 4 is 11.6 Å². The predicted molar refractivity (Wildman–Crippen MR) is 61.4 cm³/mol. The number of hydrogen-bond donors (Lipinski definition) is 1. The Kier molecular flexibility index (Phi) is 3.46. The summed E-state index contributed by atoms with van der Waals surface area (Å²) in [6.07, 6.45) is -0.516. The van der Waals surface area contributed by atoms with Crippen molar-refractivity contribution in [3.8, 4) is 0 Å². The van der Waals surface area contributed by atoms with Crippen molar-refractivity contribution in [1.82, 2.24) is 9.97 Å². The summed E-state index contributed by atoms with van der Waals surface area (Å²) in [5, 5.41) is 2.33. The number of alkyl halides is 3. The highest BCUT2D eigenvalue weighted by Gasteiger charge is 2.30. The van der Waals surface area contributed by atoms with E-state index in [1.807, 2.05) is 0 Å². The van der Waals surface area contributed by atoms with Crippen molar-refractivity contribution < 1.29 is 18.0 Å². The number of nitrogens with one attached hydrogen (secondary N) is 1. The molecule has 2 rings (SSSR count).